The number of carbonyl (C=O) groups excluding carboxylic acids is 2. The predicted octanol–water partition coefficient (Wildman–Crippen LogP) is 0.250. The second kappa shape index (κ2) is 5.60. The quantitative estimate of drug-likeness (QED) is 0.683. The first-order chi connectivity index (χ1) is 9.73. The summed E-state index contributed by atoms with van der Waals surface area (Å²) in [5, 5.41) is 9.12. The summed E-state index contributed by atoms with van der Waals surface area (Å²) in [6.45, 7) is 5.81. The molecule has 2 saturated heterocycles. The highest BCUT2D eigenvalue weighted by molar-refractivity contribution is 5.67. The van der Waals surface area contributed by atoms with E-state index in [-0.39, 0.29) is 0 Å². The van der Waals surface area contributed by atoms with Crippen molar-refractivity contribution in [1.29, 1.82) is 5.26 Å². The second-order valence-electron chi connectivity index (χ2n) is 5.30. The SMILES string of the molecule is CC(=O)OC(C#N)C1OC2OC(C)(C)OC2C1OC(C)=O. The summed E-state index contributed by atoms with van der Waals surface area (Å²) in [7, 11) is 0. The van der Waals surface area contributed by atoms with Crippen LogP contribution in [-0.2, 0) is 33.3 Å². The molecule has 0 saturated carbocycles. The average molecular weight is 299 g/mol. The number of carbonyl (C=O) groups is 2. The van der Waals surface area contributed by atoms with Crippen LogP contribution >= 0.6 is 0 Å². The fourth-order valence-corrected chi connectivity index (χ4v) is 2.42. The third-order valence-electron chi connectivity index (χ3n) is 3.05. The van der Waals surface area contributed by atoms with E-state index in [9.17, 15) is 9.59 Å². The van der Waals surface area contributed by atoms with Gasteiger partial charge in [-0.15, -0.1) is 0 Å². The van der Waals surface area contributed by atoms with Gasteiger partial charge in [0, 0.05) is 13.8 Å². The van der Waals surface area contributed by atoms with Crippen LogP contribution in [0.2, 0.25) is 0 Å². The molecule has 0 aliphatic carbocycles. The van der Waals surface area contributed by atoms with Crippen LogP contribution in [0.1, 0.15) is 27.7 Å². The van der Waals surface area contributed by atoms with Gasteiger partial charge in [-0.05, 0) is 13.8 Å². The predicted molar refractivity (Wildman–Crippen MR) is 65.4 cm³/mol. The van der Waals surface area contributed by atoms with Crippen molar-refractivity contribution in [3.05, 3.63) is 0 Å². The van der Waals surface area contributed by atoms with Crippen LogP contribution in [0.15, 0.2) is 0 Å². The minimum atomic E-state index is -1.22. The molecule has 0 aromatic rings. The van der Waals surface area contributed by atoms with Crippen LogP contribution in [0.25, 0.3) is 0 Å². The lowest BCUT2D eigenvalue weighted by Crippen LogP contribution is -2.44. The van der Waals surface area contributed by atoms with Crippen LogP contribution in [0.3, 0.4) is 0 Å². The summed E-state index contributed by atoms with van der Waals surface area (Å²) in [5.74, 6) is -2.07. The van der Waals surface area contributed by atoms with Gasteiger partial charge in [-0.3, -0.25) is 9.59 Å². The van der Waals surface area contributed by atoms with E-state index in [0.717, 1.165) is 0 Å². The molecule has 5 atom stereocenters. The Kier molecular flexibility index (Phi) is 4.18. The molecule has 2 fully saturated rings. The van der Waals surface area contributed by atoms with E-state index in [0.29, 0.717) is 0 Å². The molecule has 0 amide bonds. The van der Waals surface area contributed by atoms with Crippen molar-refractivity contribution in [2.24, 2.45) is 0 Å². The number of ether oxygens (including phenoxy) is 5. The number of hydrogen-bond acceptors (Lipinski definition) is 8. The maximum absolute atomic E-state index is 11.3. The first kappa shape index (κ1) is 15.7. The summed E-state index contributed by atoms with van der Waals surface area (Å²) >= 11 is 0. The van der Waals surface area contributed by atoms with Gasteiger partial charge < -0.3 is 23.7 Å². The highest BCUT2D eigenvalue weighted by atomic mass is 16.8. The lowest BCUT2D eigenvalue weighted by molar-refractivity contribution is -0.228. The number of hydrogen-bond donors (Lipinski definition) is 0. The maximum atomic E-state index is 11.3. The molecule has 2 heterocycles. The Hall–Kier alpha value is -1.69. The van der Waals surface area contributed by atoms with Crippen molar-refractivity contribution < 1.29 is 33.3 Å². The van der Waals surface area contributed by atoms with Crippen LogP contribution in [0.4, 0.5) is 0 Å². The molecule has 8 nitrogen and oxygen atoms in total. The molecular formula is C13H17NO7. The average Bonchev–Trinajstić information content (AvgIpc) is 2.79. The Morgan fingerprint density at radius 1 is 1.24 bits per heavy atom. The molecular weight excluding hydrogens is 282 g/mol. The first-order valence-electron chi connectivity index (χ1n) is 6.48. The molecule has 2 rings (SSSR count). The fraction of sp³-hybridized carbons (Fsp3) is 0.769. The van der Waals surface area contributed by atoms with E-state index in [1.807, 2.05) is 6.07 Å². The lowest BCUT2D eigenvalue weighted by Gasteiger charge is -2.27. The normalized spacial score (nSPS) is 34.6. The topological polar surface area (TPSA) is 104 Å². The first-order valence-corrected chi connectivity index (χ1v) is 6.48. The van der Waals surface area contributed by atoms with Crippen molar-refractivity contribution in [3.8, 4) is 6.07 Å². The smallest absolute Gasteiger partial charge is 0.304 e. The molecule has 0 aromatic carbocycles. The summed E-state index contributed by atoms with van der Waals surface area (Å²) in [5.41, 5.74) is 0. The van der Waals surface area contributed by atoms with E-state index >= 15 is 0 Å². The summed E-state index contributed by atoms with van der Waals surface area (Å²) in [4.78, 5) is 22.3. The number of esters is 2. The molecule has 0 N–H and O–H groups in total. The second-order valence-corrected chi connectivity index (χ2v) is 5.30. The number of nitrogens with zero attached hydrogens (tertiary/aromatic N) is 1. The van der Waals surface area contributed by atoms with E-state index < -0.39 is 48.4 Å². The number of rotatable bonds is 3. The third kappa shape index (κ3) is 3.32. The molecule has 8 heteroatoms. The van der Waals surface area contributed by atoms with Crippen LogP contribution < -0.4 is 0 Å². The van der Waals surface area contributed by atoms with Crippen molar-refractivity contribution in [1.82, 2.24) is 0 Å². The highest BCUT2D eigenvalue weighted by Gasteiger charge is 2.59. The van der Waals surface area contributed by atoms with Crippen LogP contribution in [-0.4, -0.2) is 48.4 Å². The fourth-order valence-electron chi connectivity index (χ4n) is 2.42. The summed E-state index contributed by atoms with van der Waals surface area (Å²) in [6.07, 6.45) is -4.54. The van der Waals surface area contributed by atoms with Gasteiger partial charge in [-0.1, -0.05) is 0 Å². The minimum absolute atomic E-state index is 0.554. The van der Waals surface area contributed by atoms with Crippen LogP contribution in [0, 0.1) is 11.3 Å². The van der Waals surface area contributed by atoms with E-state index in [4.69, 9.17) is 28.9 Å². The Morgan fingerprint density at radius 3 is 2.43 bits per heavy atom. The van der Waals surface area contributed by atoms with Gasteiger partial charge in [0.15, 0.2) is 30.4 Å². The van der Waals surface area contributed by atoms with Gasteiger partial charge in [0.25, 0.3) is 0 Å². The van der Waals surface area contributed by atoms with Gasteiger partial charge >= 0.3 is 11.9 Å². The van der Waals surface area contributed by atoms with Crippen molar-refractivity contribution in [2.75, 3.05) is 0 Å². The van der Waals surface area contributed by atoms with Gasteiger partial charge in [0.05, 0.1) is 0 Å². The Bertz CT molecular complexity index is 483. The van der Waals surface area contributed by atoms with Crippen molar-refractivity contribution in [3.63, 3.8) is 0 Å². The molecule has 0 spiro atoms. The molecule has 0 radical (unpaired) electrons. The Morgan fingerprint density at radius 2 is 1.90 bits per heavy atom. The number of fused-ring (bicyclic) bond motifs is 1. The highest BCUT2D eigenvalue weighted by Crippen LogP contribution is 2.40. The zero-order chi connectivity index (χ0) is 15.8. The number of nitriles is 1. The molecule has 0 aromatic heterocycles. The summed E-state index contributed by atoms with van der Waals surface area (Å²) < 4.78 is 26.8. The van der Waals surface area contributed by atoms with Gasteiger partial charge in [-0.2, -0.15) is 5.26 Å². The largest absolute Gasteiger partial charge is 0.457 e. The van der Waals surface area contributed by atoms with Gasteiger partial charge in [0.2, 0.25) is 6.10 Å². The zero-order valence-corrected chi connectivity index (χ0v) is 12.2. The molecule has 0 bridgehead atoms. The monoisotopic (exact) mass is 299 g/mol. The lowest BCUT2D eigenvalue weighted by atomic mass is 10.1. The Balaban J connectivity index is 2.20. The maximum Gasteiger partial charge on any atom is 0.304 e. The van der Waals surface area contributed by atoms with E-state index in [2.05, 4.69) is 0 Å². The van der Waals surface area contributed by atoms with E-state index in [1.54, 1.807) is 13.8 Å². The Labute approximate surface area is 121 Å². The van der Waals surface area contributed by atoms with Gasteiger partial charge in [0.1, 0.15) is 6.07 Å². The van der Waals surface area contributed by atoms with Crippen molar-refractivity contribution >= 4 is 11.9 Å². The molecule has 2 aliphatic rings. The molecule has 2 aliphatic heterocycles. The molecule has 116 valence electrons. The molecule has 21 heavy (non-hydrogen) atoms. The standard InChI is InChI=1S/C13H17NO7/c1-6(15)17-8(5-14)9-10(18-7(2)16)11-12(19-9)21-13(3,4)20-11/h8-12H,1-4H3. The van der Waals surface area contributed by atoms with Crippen molar-refractivity contribution in [2.45, 2.75) is 64.2 Å². The zero-order valence-electron chi connectivity index (χ0n) is 12.2. The third-order valence-corrected chi connectivity index (χ3v) is 3.05. The van der Waals surface area contributed by atoms with E-state index in [1.165, 1.54) is 13.8 Å². The van der Waals surface area contributed by atoms with Crippen LogP contribution in [0.5, 0.6) is 0 Å². The van der Waals surface area contributed by atoms with Gasteiger partial charge in [-0.25, -0.2) is 0 Å². The molecule has 5 unspecified atom stereocenters. The summed E-state index contributed by atoms with van der Waals surface area (Å²) in [6, 6.07) is 1.82. The minimum Gasteiger partial charge on any atom is -0.457 e.